The number of unbranched alkanes of at least 4 members (excludes halogenated alkanes) is 1. The van der Waals surface area contributed by atoms with Crippen molar-refractivity contribution >= 4 is 60.6 Å². The van der Waals surface area contributed by atoms with Crippen LogP contribution in [0.5, 0.6) is 0 Å². The van der Waals surface area contributed by atoms with Gasteiger partial charge in [-0.1, -0.05) is 60.3 Å². The second-order valence-corrected chi connectivity index (χ2v) is 11.3. The summed E-state index contributed by atoms with van der Waals surface area (Å²) >= 11 is 14.4. The summed E-state index contributed by atoms with van der Waals surface area (Å²) in [5.74, 6) is -0.206. The van der Waals surface area contributed by atoms with Crippen LogP contribution in [0.15, 0.2) is 52.7 Å². The molecule has 0 saturated heterocycles. The highest BCUT2D eigenvalue weighted by molar-refractivity contribution is 7.90. The number of imidazole rings is 1. The van der Waals surface area contributed by atoms with E-state index in [1.165, 1.54) is 12.1 Å². The summed E-state index contributed by atoms with van der Waals surface area (Å²) in [6, 6.07) is 11.9. The van der Waals surface area contributed by atoms with Crippen LogP contribution in [-0.4, -0.2) is 23.9 Å². The predicted molar refractivity (Wildman–Crippen MR) is 138 cm³/mol. The lowest BCUT2D eigenvalue weighted by Crippen LogP contribution is -2.32. The average molecular weight is 537 g/mol. The molecule has 0 unspecified atom stereocenters. The molecule has 0 radical (unpaired) electrons. The first kappa shape index (κ1) is 24.7. The number of nitrogens with one attached hydrogen (secondary N) is 1. The Balaban J connectivity index is 1.74. The fourth-order valence-electron chi connectivity index (χ4n) is 3.72. The van der Waals surface area contributed by atoms with E-state index in [9.17, 15) is 13.2 Å². The first-order chi connectivity index (χ1) is 16.2. The average Bonchev–Trinajstić information content (AvgIpc) is 3.34. The molecule has 0 atom stereocenters. The van der Waals surface area contributed by atoms with Gasteiger partial charge in [0.2, 0.25) is 0 Å². The van der Waals surface area contributed by atoms with Crippen molar-refractivity contribution in [2.75, 3.05) is 0 Å². The summed E-state index contributed by atoms with van der Waals surface area (Å²) in [4.78, 5) is 17.6. The molecule has 1 amide bonds. The van der Waals surface area contributed by atoms with Gasteiger partial charge in [-0.2, -0.15) is 0 Å². The van der Waals surface area contributed by atoms with Crippen molar-refractivity contribution in [1.82, 2.24) is 14.3 Å². The van der Waals surface area contributed by atoms with Gasteiger partial charge < -0.3 is 4.57 Å². The van der Waals surface area contributed by atoms with Gasteiger partial charge in [-0.25, -0.2) is 18.1 Å². The Kier molecular flexibility index (Phi) is 7.33. The maximum absolute atomic E-state index is 13.2. The van der Waals surface area contributed by atoms with E-state index in [2.05, 4.69) is 16.6 Å². The number of fused-ring (bicyclic) bond motifs is 1. The van der Waals surface area contributed by atoms with Gasteiger partial charge in [0.1, 0.15) is 11.5 Å². The maximum atomic E-state index is 13.2. The second-order valence-electron chi connectivity index (χ2n) is 7.98. The molecule has 1 N–H and O–H groups in total. The molecule has 0 saturated carbocycles. The molecule has 0 spiro atoms. The van der Waals surface area contributed by atoms with Crippen molar-refractivity contribution in [3.63, 3.8) is 0 Å². The number of nitrogens with zero attached hydrogens (tertiary/aromatic N) is 2. The number of benzene rings is 2. The second kappa shape index (κ2) is 10.1. The van der Waals surface area contributed by atoms with Crippen molar-refractivity contribution in [3.05, 3.63) is 80.7 Å². The largest absolute Gasteiger partial charge is 0.318 e. The molecule has 34 heavy (non-hydrogen) atoms. The molecule has 4 rings (SSSR count). The Labute approximate surface area is 212 Å². The predicted octanol–water partition coefficient (Wildman–Crippen LogP) is 6.22. The summed E-state index contributed by atoms with van der Waals surface area (Å²) < 4.78 is 30.6. The Morgan fingerprint density at radius 1 is 1.15 bits per heavy atom. The monoisotopic (exact) mass is 535 g/mol. The van der Waals surface area contributed by atoms with Gasteiger partial charge in [0.15, 0.2) is 5.15 Å². The van der Waals surface area contributed by atoms with E-state index < -0.39 is 15.9 Å². The lowest BCUT2D eigenvalue weighted by Gasteiger charge is -2.13. The number of halogens is 2. The molecule has 2 heterocycles. The Morgan fingerprint density at radius 2 is 1.88 bits per heavy atom. The first-order valence-electron chi connectivity index (χ1n) is 10.7. The summed E-state index contributed by atoms with van der Waals surface area (Å²) in [5, 5.41) is 3.47. The number of rotatable bonds is 8. The van der Waals surface area contributed by atoms with Crippen molar-refractivity contribution < 1.29 is 13.2 Å². The van der Waals surface area contributed by atoms with Gasteiger partial charge >= 0.3 is 0 Å². The lowest BCUT2D eigenvalue weighted by molar-refractivity contribution is 0.0972. The van der Waals surface area contributed by atoms with Crippen molar-refractivity contribution in [2.24, 2.45) is 0 Å². The molecule has 10 heteroatoms. The van der Waals surface area contributed by atoms with E-state index in [1.54, 1.807) is 28.0 Å². The smallest absolute Gasteiger partial charge is 0.284 e. The Bertz CT molecular complexity index is 1460. The van der Waals surface area contributed by atoms with E-state index in [0.29, 0.717) is 17.3 Å². The molecule has 178 valence electrons. The molecule has 0 aliphatic carbocycles. The summed E-state index contributed by atoms with van der Waals surface area (Å²) in [5.41, 5.74) is 1.83. The standard InChI is InChI=1S/C24H23Cl2N3O3S2/c1-3-4-8-20-27-23(26)22(24(30)28-34(31,32)17-11-9-15(2)10-12-17)29(20)13-16-14-33-19-7-5-6-18(25)21(16)19/h5-7,9-12,14H,3-4,8,13H2,1-2H3,(H,28,30). The van der Waals surface area contributed by atoms with Crippen LogP contribution in [0.3, 0.4) is 0 Å². The summed E-state index contributed by atoms with van der Waals surface area (Å²) in [6.07, 6.45) is 2.38. The van der Waals surface area contributed by atoms with E-state index in [1.807, 2.05) is 30.5 Å². The van der Waals surface area contributed by atoms with Crippen LogP contribution in [0.1, 0.15) is 47.2 Å². The number of amides is 1. The van der Waals surface area contributed by atoms with Crippen LogP contribution in [-0.2, 0) is 23.0 Å². The third-order valence-electron chi connectivity index (χ3n) is 5.48. The normalized spacial score (nSPS) is 11.8. The van der Waals surface area contributed by atoms with Gasteiger partial charge in [-0.05, 0) is 48.6 Å². The topological polar surface area (TPSA) is 81.1 Å². The quantitative estimate of drug-likeness (QED) is 0.290. The maximum Gasteiger partial charge on any atom is 0.284 e. The Morgan fingerprint density at radius 3 is 2.59 bits per heavy atom. The van der Waals surface area contributed by atoms with Crippen LogP contribution in [0.25, 0.3) is 10.1 Å². The number of hydrogen-bond donors (Lipinski definition) is 1. The number of sulfonamides is 1. The number of hydrogen-bond acceptors (Lipinski definition) is 5. The van der Waals surface area contributed by atoms with Crippen molar-refractivity contribution in [1.29, 1.82) is 0 Å². The lowest BCUT2D eigenvalue weighted by atomic mass is 10.1. The number of carbonyl (C=O) groups is 1. The van der Waals surface area contributed by atoms with Crippen molar-refractivity contribution in [2.45, 2.75) is 44.6 Å². The zero-order valence-corrected chi connectivity index (χ0v) is 21.8. The minimum Gasteiger partial charge on any atom is -0.318 e. The molecule has 0 fully saturated rings. The summed E-state index contributed by atoms with van der Waals surface area (Å²) in [6.45, 7) is 4.20. The van der Waals surface area contributed by atoms with E-state index in [4.69, 9.17) is 23.2 Å². The first-order valence-corrected chi connectivity index (χ1v) is 13.9. The minimum atomic E-state index is -4.09. The van der Waals surface area contributed by atoms with Crippen LogP contribution in [0.4, 0.5) is 0 Å². The third kappa shape index (κ3) is 5.00. The number of aromatic nitrogens is 2. The fraction of sp³-hybridized carbons (Fsp3) is 0.250. The van der Waals surface area contributed by atoms with Crippen molar-refractivity contribution in [3.8, 4) is 0 Å². The number of aryl methyl sites for hydroxylation is 2. The van der Waals surface area contributed by atoms with E-state index in [0.717, 1.165) is 34.1 Å². The fourth-order valence-corrected chi connectivity index (χ4v) is 6.29. The van der Waals surface area contributed by atoms with Gasteiger partial charge in [-0.3, -0.25) is 4.79 Å². The molecule has 0 aliphatic rings. The molecular weight excluding hydrogens is 513 g/mol. The molecule has 4 aromatic rings. The Hall–Kier alpha value is -2.39. The highest BCUT2D eigenvalue weighted by Gasteiger charge is 2.27. The number of carbonyl (C=O) groups excluding carboxylic acids is 1. The minimum absolute atomic E-state index is 0.00421. The van der Waals surface area contributed by atoms with E-state index >= 15 is 0 Å². The zero-order valence-electron chi connectivity index (χ0n) is 18.6. The zero-order chi connectivity index (χ0) is 24.5. The number of thiophene rings is 1. The molecule has 6 nitrogen and oxygen atoms in total. The molecular formula is C24H23Cl2N3O3S2. The molecule has 0 aliphatic heterocycles. The van der Waals surface area contributed by atoms with E-state index in [-0.39, 0.29) is 22.3 Å². The highest BCUT2D eigenvalue weighted by Crippen LogP contribution is 2.33. The molecule has 2 aromatic heterocycles. The van der Waals surface area contributed by atoms with Crippen LogP contribution < -0.4 is 4.72 Å². The molecule has 2 aromatic carbocycles. The van der Waals surface area contributed by atoms with Gasteiger partial charge in [-0.15, -0.1) is 11.3 Å². The van der Waals surface area contributed by atoms with Gasteiger partial charge in [0.25, 0.3) is 15.9 Å². The van der Waals surface area contributed by atoms with Crippen LogP contribution >= 0.6 is 34.5 Å². The van der Waals surface area contributed by atoms with Crippen LogP contribution in [0, 0.1) is 6.92 Å². The van der Waals surface area contributed by atoms with Gasteiger partial charge in [0, 0.05) is 21.5 Å². The van der Waals surface area contributed by atoms with Crippen LogP contribution in [0.2, 0.25) is 10.2 Å². The highest BCUT2D eigenvalue weighted by atomic mass is 35.5. The molecule has 0 bridgehead atoms. The summed E-state index contributed by atoms with van der Waals surface area (Å²) in [7, 11) is -4.09. The third-order valence-corrected chi connectivity index (χ3v) is 8.41. The van der Waals surface area contributed by atoms with Gasteiger partial charge in [0.05, 0.1) is 11.4 Å². The SMILES string of the molecule is CCCCc1nc(Cl)c(C(=O)NS(=O)(=O)c2ccc(C)cc2)n1Cc1csc2cccc(Cl)c12.